The van der Waals surface area contributed by atoms with Crippen LogP contribution in [-0.2, 0) is 5.54 Å². The molecular weight excluding hydrogens is 386 g/mol. The second-order valence-corrected chi connectivity index (χ2v) is 8.31. The van der Waals surface area contributed by atoms with Crippen LogP contribution in [0.3, 0.4) is 0 Å². The molecule has 0 atom stereocenters. The molecule has 1 saturated carbocycles. The van der Waals surface area contributed by atoms with E-state index in [9.17, 15) is 4.79 Å². The van der Waals surface area contributed by atoms with Crippen LogP contribution in [0.4, 0.5) is 0 Å². The molecule has 0 amide bonds. The first-order valence-electron chi connectivity index (χ1n) is 10.5. The lowest BCUT2D eigenvalue weighted by molar-refractivity contribution is 0.253. The molecular formula is C25H23N5O. The summed E-state index contributed by atoms with van der Waals surface area (Å²) in [6.45, 7) is 0. The number of nitrogens with one attached hydrogen (secondary N) is 1. The van der Waals surface area contributed by atoms with Gasteiger partial charge in [-0.1, -0.05) is 54.6 Å². The maximum absolute atomic E-state index is 12.0. The number of hydrogen-bond donors (Lipinski definition) is 2. The second-order valence-electron chi connectivity index (χ2n) is 8.31. The Morgan fingerprint density at radius 1 is 1.00 bits per heavy atom. The van der Waals surface area contributed by atoms with Crippen molar-refractivity contribution in [2.45, 2.75) is 24.8 Å². The lowest BCUT2D eigenvalue weighted by atomic mass is 9.72. The lowest BCUT2D eigenvalue weighted by Gasteiger charge is -2.38. The van der Waals surface area contributed by atoms with Gasteiger partial charge in [-0.15, -0.1) is 0 Å². The molecule has 3 heterocycles. The van der Waals surface area contributed by atoms with E-state index < -0.39 is 0 Å². The van der Waals surface area contributed by atoms with Gasteiger partial charge in [0.15, 0.2) is 5.65 Å². The van der Waals surface area contributed by atoms with Gasteiger partial charge in [-0.3, -0.25) is 0 Å². The quantitative estimate of drug-likeness (QED) is 0.459. The molecule has 0 bridgehead atoms. The number of hydrogen-bond acceptors (Lipinski definition) is 4. The monoisotopic (exact) mass is 409 g/mol. The Bertz CT molecular complexity index is 1480. The van der Waals surface area contributed by atoms with Crippen molar-refractivity contribution in [1.29, 1.82) is 0 Å². The normalized spacial score (nSPS) is 15.3. The van der Waals surface area contributed by atoms with Gasteiger partial charge >= 0.3 is 5.69 Å². The molecule has 5 aromatic rings. The summed E-state index contributed by atoms with van der Waals surface area (Å²) in [5.74, 6) is 0. The van der Waals surface area contributed by atoms with E-state index in [0.717, 1.165) is 46.1 Å². The van der Waals surface area contributed by atoms with Gasteiger partial charge in [-0.25, -0.2) is 19.3 Å². The van der Waals surface area contributed by atoms with Crippen LogP contribution in [0.2, 0.25) is 0 Å². The van der Waals surface area contributed by atoms with Crippen LogP contribution in [0.1, 0.15) is 26.3 Å². The summed E-state index contributed by atoms with van der Waals surface area (Å²) in [6.07, 6.45) is 4.97. The topological polar surface area (TPSA) is 89.1 Å². The molecule has 6 heteroatoms. The SMILES string of the molecule is NC1(c2ccc(-c3nc4ccn5c(=O)[nH]nc5c4cc3-c3ccccc3)cc2)CCC1.[HH]. The Morgan fingerprint density at radius 2 is 1.77 bits per heavy atom. The highest BCUT2D eigenvalue weighted by Gasteiger charge is 2.34. The standard InChI is InChI=1S/C25H21N5O.H2/c26-25(12-4-13-25)18-9-7-17(8-10-18)22-19(16-5-2-1-3-6-16)15-20-21(27-22)11-14-30-23(20)28-29-24(30)31;/h1-3,5-11,14-15H,4,12-13,26H2,(H,29,31);1H. The van der Waals surface area contributed by atoms with Gasteiger partial charge in [0, 0.05) is 29.7 Å². The van der Waals surface area contributed by atoms with Crippen molar-refractivity contribution >= 4 is 16.6 Å². The van der Waals surface area contributed by atoms with Crippen molar-refractivity contribution in [2.24, 2.45) is 5.73 Å². The zero-order valence-electron chi connectivity index (χ0n) is 16.9. The van der Waals surface area contributed by atoms with Crippen molar-refractivity contribution < 1.29 is 1.43 Å². The van der Waals surface area contributed by atoms with Crippen molar-refractivity contribution in [3.63, 3.8) is 0 Å². The van der Waals surface area contributed by atoms with Crippen LogP contribution in [0.5, 0.6) is 0 Å². The van der Waals surface area contributed by atoms with E-state index in [1.54, 1.807) is 6.20 Å². The smallest absolute Gasteiger partial charge is 0.321 e. The van der Waals surface area contributed by atoms with Crippen LogP contribution in [0, 0.1) is 0 Å². The van der Waals surface area contributed by atoms with Crippen LogP contribution in [0.15, 0.2) is 77.7 Å². The fourth-order valence-corrected chi connectivity index (χ4v) is 4.48. The number of H-pyrrole nitrogens is 1. The average Bonchev–Trinajstić information content (AvgIpc) is 3.18. The number of benzene rings is 2. The number of fused-ring (bicyclic) bond motifs is 3. The third kappa shape index (κ3) is 2.79. The second kappa shape index (κ2) is 6.62. The molecule has 1 aliphatic carbocycles. The van der Waals surface area contributed by atoms with E-state index in [4.69, 9.17) is 10.7 Å². The summed E-state index contributed by atoms with van der Waals surface area (Å²) in [6, 6.07) is 22.6. The highest BCUT2D eigenvalue weighted by Crippen LogP contribution is 2.40. The number of aromatic amines is 1. The van der Waals surface area contributed by atoms with E-state index in [1.165, 1.54) is 16.4 Å². The van der Waals surface area contributed by atoms with Gasteiger partial charge in [-0.05, 0) is 42.5 Å². The summed E-state index contributed by atoms with van der Waals surface area (Å²) in [4.78, 5) is 17.0. The van der Waals surface area contributed by atoms with Crippen LogP contribution in [0.25, 0.3) is 38.9 Å². The first-order chi connectivity index (χ1) is 15.1. The van der Waals surface area contributed by atoms with Crippen molar-refractivity contribution in [1.82, 2.24) is 19.6 Å². The van der Waals surface area contributed by atoms with Gasteiger partial charge in [-0.2, -0.15) is 5.10 Å². The van der Waals surface area contributed by atoms with Gasteiger partial charge in [0.25, 0.3) is 0 Å². The fraction of sp³-hybridized carbons (Fsp3) is 0.160. The molecule has 0 aliphatic heterocycles. The third-order valence-electron chi connectivity index (χ3n) is 6.44. The fourth-order valence-electron chi connectivity index (χ4n) is 4.48. The third-order valence-corrected chi connectivity index (χ3v) is 6.44. The largest absolute Gasteiger partial charge is 0.347 e. The molecule has 0 radical (unpaired) electrons. The number of nitrogens with zero attached hydrogens (tertiary/aromatic N) is 3. The van der Waals surface area contributed by atoms with Gasteiger partial charge in [0.2, 0.25) is 0 Å². The summed E-state index contributed by atoms with van der Waals surface area (Å²) >= 11 is 0. The number of nitrogens with two attached hydrogens (primary N) is 1. The van der Waals surface area contributed by atoms with Gasteiger partial charge in [0.1, 0.15) is 0 Å². The first kappa shape index (κ1) is 18.0. The molecule has 1 aliphatic rings. The van der Waals surface area contributed by atoms with E-state index in [0.29, 0.717) is 5.65 Å². The highest BCUT2D eigenvalue weighted by atomic mass is 16.1. The van der Waals surface area contributed by atoms with Crippen LogP contribution in [-0.4, -0.2) is 19.6 Å². The molecule has 31 heavy (non-hydrogen) atoms. The molecule has 2 aromatic carbocycles. The minimum absolute atomic E-state index is 0. The Hall–Kier alpha value is -3.77. The molecule has 0 spiro atoms. The maximum atomic E-state index is 12.0. The zero-order chi connectivity index (χ0) is 21.0. The predicted molar refractivity (Wildman–Crippen MR) is 124 cm³/mol. The highest BCUT2D eigenvalue weighted by molar-refractivity contribution is 5.98. The summed E-state index contributed by atoms with van der Waals surface area (Å²) < 4.78 is 1.51. The molecule has 0 unspecified atom stereocenters. The number of pyridine rings is 2. The maximum Gasteiger partial charge on any atom is 0.347 e. The zero-order valence-corrected chi connectivity index (χ0v) is 16.9. The molecule has 154 valence electrons. The molecule has 3 aromatic heterocycles. The van der Waals surface area contributed by atoms with E-state index in [1.807, 2.05) is 24.3 Å². The minimum atomic E-state index is -0.260. The van der Waals surface area contributed by atoms with Crippen LogP contribution >= 0.6 is 0 Å². The number of aromatic nitrogens is 4. The summed E-state index contributed by atoms with van der Waals surface area (Å²) in [5.41, 5.74) is 12.6. The first-order valence-corrected chi connectivity index (χ1v) is 10.5. The summed E-state index contributed by atoms with van der Waals surface area (Å²) in [5, 5.41) is 7.56. The Kier molecular flexibility index (Phi) is 3.85. The average molecular weight is 409 g/mol. The predicted octanol–water partition coefficient (Wildman–Crippen LogP) is 4.49. The van der Waals surface area contributed by atoms with E-state index in [-0.39, 0.29) is 12.7 Å². The minimum Gasteiger partial charge on any atom is -0.321 e. The number of rotatable bonds is 3. The molecule has 6 nitrogen and oxygen atoms in total. The van der Waals surface area contributed by atoms with E-state index in [2.05, 4.69) is 52.7 Å². The molecule has 1 fully saturated rings. The Morgan fingerprint density at radius 3 is 2.48 bits per heavy atom. The van der Waals surface area contributed by atoms with Crippen molar-refractivity contribution in [3.8, 4) is 22.4 Å². The van der Waals surface area contributed by atoms with Crippen LogP contribution < -0.4 is 11.4 Å². The Balaban J connectivity index is 0.00000216. The molecule has 6 rings (SSSR count). The van der Waals surface area contributed by atoms with Gasteiger partial charge in [0.05, 0.1) is 11.2 Å². The van der Waals surface area contributed by atoms with Gasteiger partial charge < -0.3 is 5.73 Å². The van der Waals surface area contributed by atoms with E-state index >= 15 is 0 Å². The summed E-state index contributed by atoms with van der Waals surface area (Å²) in [7, 11) is 0. The lowest BCUT2D eigenvalue weighted by Crippen LogP contribution is -2.43. The van der Waals surface area contributed by atoms with Crippen molar-refractivity contribution in [2.75, 3.05) is 0 Å². The van der Waals surface area contributed by atoms with Crippen molar-refractivity contribution in [3.05, 3.63) is 89.0 Å². The Labute approximate surface area is 179 Å². The molecule has 3 N–H and O–H groups in total. The molecule has 0 saturated heterocycles.